The van der Waals surface area contributed by atoms with E-state index in [0.717, 1.165) is 42.7 Å². The van der Waals surface area contributed by atoms with E-state index in [-0.39, 0.29) is 58.1 Å². The predicted molar refractivity (Wildman–Crippen MR) is 181 cm³/mol. The first-order chi connectivity index (χ1) is 21.7. The van der Waals surface area contributed by atoms with Crippen molar-refractivity contribution in [3.63, 3.8) is 0 Å². The lowest BCUT2D eigenvalue weighted by Gasteiger charge is -2.52. The van der Waals surface area contributed by atoms with Crippen LogP contribution in [0.1, 0.15) is 104 Å². The van der Waals surface area contributed by atoms with Gasteiger partial charge in [-0.05, 0) is 108 Å². The van der Waals surface area contributed by atoms with E-state index in [1.54, 1.807) is 0 Å². The minimum absolute atomic E-state index is 0.0456. The topological polar surface area (TPSA) is 80.7 Å². The Labute approximate surface area is 275 Å². The third-order valence-corrected chi connectivity index (χ3v) is 13.3. The molecule has 248 valence electrons. The highest BCUT2D eigenvalue weighted by Gasteiger charge is 2.55. The van der Waals surface area contributed by atoms with Crippen LogP contribution in [0.25, 0.3) is 0 Å². The highest BCUT2D eigenvalue weighted by molar-refractivity contribution is 5.98. The second kappa shape index (κ2) is 12.3. The van der Waals surface area contributed by atoms with Crippen LogP contribution in [-0.2, 0) is 20.8 Å². The molecule has 0 spiro atoms. The average Bonchev–Trinajstić information content (AvgIpc) is 3.08. The van der Waals surface area contributed by atoms with Crippen molar-refractivity contribution in [2.24, 2.45) is 58.2 Å². The summed E-state index contributed by atoms with van der Waals surface area (Å²) in [5.74, 6) is 3.52. The zero-order valence-electron chi connectivity index (χ0n) is 28.9. The molecule has 4 aliphatic carbocycles. The molecule has 10 atom stereocenters. The first-order valence-corrected chi connectivity index (χ1v) is 17.8. The van der Waals surface area contributed by atoms with Gasteiger partial charge in [-0.15, -0.1) is 0 Å². The van der Waals surface area contributed by atoms with Crippen LogP contribution in [-0.4, -0.2) is 28.6 Å². The number of hydrogen-bond acceptors (Lipinski definition) is 5. The summed E-state index contributed by atoms with van der Waals surface area (Å²) in [6, 6.07) is 16.1. The largest absolute Gasteiger partial charge is 0.457 e. The van der Waals surface area contributed by atoms with E-state index in [1.807, 2.05) is 36.4 Å². The Balaban J connectivity index is 1.08. The van der Waals surface area contributed by atoms with Crippen molar-refractivity contribution in [3.05, 3.63) is 59.7 Å². The first kappa shape index (κ1) is 33.1. The van der Waals surface area contributed by atoms with Crippen molar-refractivity contribution in [2.45, 2.75) is 105 Å². The first-order valence-electron chi connectivity index (χ1n) is 17.8. The lowest BCUT2D eigenvalue weighted by atomic mass is 9.50. The number of aliphatic hydroxyl groups is 1. The normalized spacial score (nSPS) is 37.2. The van der Waals surface area contributed by atoms with Gasteiger partial charge in [0.05, 0.1) is 6.10 Å². The molecule has 46 heavy (non-hydrogen) atoms. The van der Waals surface area contributed by atoms with Crippen molar-refractivity contribution < 1.29 is 24.2 Å². The predicted octanol–water partition coefficient (Wildman–Crippen LogP) is 8.61. The summed E-state index contributed by atoms with van der Waals surface area (Å²) >= 11 is 0. The Kier molecular flexibility index (Phi) is 8.89. The van der Waals surface area contributed by atoms with Gasteiger partial charge in [-0.3, -0.25) is 14.4 Å². The second-order valence-corrected chi connectivity index (χ2v) is 17.0. The van der Waals surface area contributed by atoms with Crippen LogP contribution in [0, 0.1) is 58.2 Å². The molecular formula is C41H54O5. The SMILES string of the molecule is CC1CC(O)C(C)(C)CC2C(=O)CC(c3ccc(Oc4ccc(CC5CC(=O)C6CC(C)C(C)C(C)(C)C6C5=O)cc4)cc3)CC12. The van der Waals surface area contributed by atoms with Gasteiger partial charge in [0.2, 0.25) is 0 Å². The lowest BCUT2D eigenvalue weighted by molar-refractivity contribution is -0.155. The highest BCUT2D eigenvalue weighted by Crippen LogP contribution is 2.54. The van der Waals surface area contributed by atoms with Crippen LogP contribution in [0.5, 0.6) is 11.5 Å². The quantitative estimate of drug-likeness (QED) is 0.359. The molecule has 4 fully saturated rings. The highest BCUT2D eigenvalue weighted by atomic mass is 16.5. The summed E-state index contributed by atoms with van der Waals surface area (Å²) in [7, 11) is 0. The van der Waals surface area contributed by atoms with E-state index >= 15 is 0 Å². The second-order valence-electron chi connectivity index (χ2n) is 17.0. The van der Waals surface area contributed by atoms with Crippen molar-refractivity contribution in [2.75, 3.05) is 0 Å². The van der Waals surface area contributed by atoms with Crippen LogP contribution in [0.3, 0.4) is 0 Å². The molecule has 0 radical (unpaired) electrons. The summed E-state index contributed by atoms with van der Waals surface area (Å²) < 4.78 is 6.18. The van der Waals surface area contributed by atoms with E-state index in [4.69, 9.17) is 4.74 Å². The molecule has 2 aromatic rings. The van der Waals surface area contributed by atoms with Gasteiger partial charge >= 0.3 is 0 Å². The molecule has 5 heteroatoms. The third kappa shape index (κ3) is 6.14. The van der Waals surface area contributed by atoms with E-state index in [2.05, 4.69) is 60.6 Å². The molecule has 0 heterocycles. The smallest absolute Gasteiger partial charge is 0.141 e. The molecular weight excluding hydrogens is 572 g/mol. The minimum atomic E-state index is -0.367. The van der Waals surface area contributed by atoms with Crippen molar-refractivity contribution in [3.8, 4) is 11.5 Å². The number of carbonyl (C=O) groups excluding carboxylic acids is 3. The maximum absolute atomic E-state index is 13.8. The lowest BCUT2D eigenvalue weighted by Crippen LogP contribution is -2.55. The number of benzene rings is 2. The Hall–Kier alpha value is -2.79. The van der Waals surface area contributed by atoms with Gasteiger partial charge in [0.15, 0.2) is 0 Å². The summed E-state index contributed by atoms with van der Waals surface area (Å²) in [4.78, 5) is 40.4. The minimum Gasteiger partial charge on any atom is -0.457 e. The molecule has 0 saturated heterocycles. The number of fused-ring (bicyclic) bond motifs is 2. The van der Waals surface area contributed by atoms with Crippen LogP contribution >= 0.6 is 0 Å². The van der Waals surface area contributed by atoms with Crippen molar-refractivity contribution in [1.82, 2.24) is 0 Å². The number of carbonyl (C=O) groups is 3. The molecule has 6 rings (SSSR count). The third-order valence-electron chi connectivity index (χ3n) is 13.3. The zero-order chi connectivity index (χ0) is 33.1. The Bertz CT molecular complexity index is 1450. The number of ether oxygens (including phenoxy) is 1. The molecule has 4 saturated carbocycles. The average molecular weight is 627 g/mol. The zero-order valence-corrected chi connectivity index (χ0v) is 28.9. The van der Waals surface area contributed by atoms with Gasteiger partial charge in [-0.25, -0.2) is 0 Å². The van der Waals surface area contributed by atoms with Gasteiger partial charge < -0.3 is 9.84 Å². The van der Waals surface area contributed by atoms with E-state index in [9.17, 15) is 19.5 Å². The molecule has 0 amide bonds. The molecule has 4 aliphatic rings. The molecule has 0 aromatic heterocycles. The van der Waals surface area contributed by atoms with Crippen molar-refractivity contribution >= 4 is 17.3 Å². The summed E-state index contributed by atoms with van der Waals surface area (Å²) in [5.41, 5.74) is 1.81. The monoisotopic (exact) mass is 626 g/mol. The fourth-order valence-corrected chi connectivity index (χ4v) is 9.91. The Morgan fingerprint density at radius 3 is 2.02 bits per heavy atom. The Morgan fingerprint density at radius 2 is 1.37 bits per heavy atom. The molecule has 2 aromatic carbocycles. The van der Waals surface area contributed by atoms with Gasteiger partial charge in [0.25, 0.3) is 0 Å². The van der Waals surface area contributed by atoms with Gasteiger partial charge in [0, 0.05) is 36.5 Å². The van der Waals surface area contributed by atoms with Crippen LogP contribution in [0.15, 0.2) is 48.5 Å². The molecule has 5 nitrogen and oxygen atoms in total. The van der Waals surface area contributed by atoms with Crippen LogP contribution in [0.2, 0.25) is 0 Å². The van der Waals surface area contributed by atoms with Gasteiger partial charge in [-0.1, -0.05) is 72.7 Å². The van der Waals surface area contributed by atoms with E-state index in [1.165, 1.54) is 5.56 Å². The molecule has 0 aliphatic heterocycles. The molecule has 1 N–H and O–H groups in total. The Morgan fingerprint density at radius 1 is 0.761 bits per heavy atom. The van der Waals surface area contributed by atoms with E-state index < -0.39 is 0 Å². The van der Waals surface area contributed by atoms with Crippen molar-refractivity contribution in [1.29, 1.82) is 0 Å². The summed E-state index contributed by atoms with van der Waals surface area (Å²) in [5, 5.41) is 10.8. The summed E-state index contributed by atoms with van der Waals surface area (Å²) in [6.07, 6.45) is 4.48. The van der Waals surface area contributed by atoms with E-state index in [0.29, 0.717) is 48.7 Å². The number of rotatable bonds is 5. The number of Topliss-reactive ketones (excluding diaryl/α,β-unsaturated/α-hetero) is 3. The number of aliphatic hydroxyl groups excluding tert-OH is 1. The maximum Gasteiger partial charge on any atom is 0.141 e. The fraction of sp³-hybridized carbons (Fsp3) is 0.634. The van der Waals surface area contributed by atoms with Gasteiger partial charge in [-0.2, -0.15) is 0 Å². The van der Waals surface area contributed by atoms with Crippen LogP contribution in [0.4, 0.5) is 0 Å². The van der Waals surface area contributed by atoms with Crippen LogP contribution < -0.4 is 4.74 Å². The standard InChI is InChI=1S/C41H54O5/c1-23-16-33-35(42)21-29(39(45)38(33)41(6,7)25(23)3)18-26-8-12-30(13-9-26)46-31-14-10-27(11-15-31)28-19-32-24(2)17-37(44)40(4,5)22-34(32)36(43)20-28/h8-15,23-25,28-29,32-34,37-38,44H,16-22H2,1-7H3. The number of hydrogen-bond donors (Lipinski definition) is 1. The molecule has 0 bridgehead atoms. The number of ketones is 3. The molecule has 10 unspecified atom stereocenters. The van der Waals surface area contributed by atoms with Gasteiger partial charge in [0.1, 0.15) is 28.8 Å². The summed E-state index contributed by atoms with van der Waals surface area (Å²) in [6.45, 7) is 15.3. The fourth-order valence-electron chi connectivity index (χ4n) is 9.91. The maximum atomic E-state index is 13.8.